The SMILES string of the molecule is CCc1cc2c(cc1O)CCC1C2CC[C@@]2(C)C1CC[C@@H]2Cc1nnnn1C. The standard InChI is InChI=1S/C23H32N4O/c1-4-14-11-19-15(12-21(14)28)5-7-18-17(19)9-10-23(2)16(6-8-20(18)23)13-22-24-25-26-27(22)3/h11-12,16-18,20,28H,4-10,13H2,1-3H3/t16-,17?,18?,20?,23-/m1/s1. The molecule has 5 heteroatoms. The first-order valence-electron chi connectivity index (χ1n) is 11.1. The highest BCUT2D eigenvalue weighted by molar-refractivity contribution is 5.45. The number of benzene rings is 1. The molecule has 0 saturated heterocycles. The molecule has 2 saturated carbocycles. The molecule has 1 heterocycles. The van der Waals surface area contributed by atoms with Gasteiger partial charge in [0.25, 0.3) is 0 Å². The molecule has 2 aromatic rings. The number of tetrazole rings is 1. The molecule has 0 amide bonds. The number of hydrogen-bond acceptors (Lipinski definition) is 4. The van der Waals surface area contributed by atoms with Crippen LogP contribution in [0.4, 0.5) is 0 Å². The Morgan fingerprint density at radius 1 is 1.21 bits per heavy atom. The average Bonchev–Trinajstić information content (AvgIpc) is 3.24. The van der Waals surface area contributed by atoms with Gasteiger partial charge in [0.2, 0.25) is 0 Å². The van der Waals surface area contributed by atoms with Gasteiger partial charge in [-0.15, -0.1) is 5.10 Å². The lowest BCUT2D eigenvalue weighted by Crippen LogP contribution is -2.42. The summed E-state index contributed by atoms with van der Waals surface area (Å²) in [7, 11) is 1.96. The van der Waals surface area contributed by atoms with Gasteiger partial charge < -0.3 is 5.11 Å². The summed E-state index contributed by atoms with van der Waals surface area (Å²) in [5.41, 5.74) is 4.48. The highest BCUT2D eigenvalue weighted by atomic mass is 16.3. The van der Waals surface area contributed by atoms with Crippen LogP contribution in [0.1, 0.15) is 74.4 Å². The Bertz CT molecular complexity index is 891. The summed E-state index contributed by atoms with van der Waals surface area (Å²) in [6, 6.07) is 4.40. The van der Waals surface area contributed by atoms with Crippen molar-refractivity contribution >= 4 is 0 Å². The van der Waals surface area contributed by atoms with Crippen molar-refractivity contribution in [2.24, 2.45) is 30.2 Å². The van der Waals surface area contributed by atoms with E-state index in [0.29, 0.717) is 23.0 Å². The third kappa shape index (κ3) is 2.61. The molecule has 0 bridgehead atoms. The Morgan fingerprint density at radius 2 is 2.07 bits per heavy atom. The summed E-state index contributed by atoms with van der Waals surface area (Å²) in [4.78, 5) is 0. The van der Waals surface area contributed by atoms with Crippen molar-refractivity contribution in [3.8, 4) is 5.75 Å². The lowest BCUT2D eigenvalue weighted by atomic mass is 9.54. The maximum atomic E-state index is 10.3. The van der Waals surface area contributed by atoms with Crippen LogP contribution >= 0.6 is 0 Å². The molecule has 3 aliphatic rings. The fourth-order valence-corrected chi connectivity index (χ4v) is 7.02. The molecular weight excluding hydrogens is 348 g/mol. The van der Waals surface area contributed by atoms with Crippen LogP contribution in [0.15, 0.2) is 12.1 Å². The lowest BCUT2D eigenvalue weighted by Gasteiger charge is -2.51. The van der Waals surface area contributed by atoms with Crippen LogP contribution in [-0.4, -0.2) is 25.3 Å². The van der Waals surface area contributed by atoms with E-state index in [2.05, 4.69) is 41.5 Å². The van der Waals surface area contributed by atoms with Crippen molar-refractivity contribution < 1.29 is 5.11 Å². The maximum absolute atomic E-state index is 10.3. The molecule has 5 rings (SSSR count). The van der Waals surface area contributed by atoms with Crippen LogP contribution in [0.5, 0.6) is 5.75 Å². The fraction of sp³-hybridized carbons (Fsp3) is 0.696. The Labute approximate surface area is 167 Å². The van der Waals surface area contributed by atoms with Gasteiger partial charge in [-0.3, -0.25) is 0 Å². The third-order valence-corrected chi connectivity index (χ3v) is 8.64. The monoisotopic (exact) mass is 380 g/mol. The van der Waals surface area contributed by atoms with Crippen molar-refractivity contribution in [3.63, 3.8) is 0 Å². The molecule has 28 heavy (non-hydrogen) atoms. The number of hydrogen-bond donors (Lipinski definition) is 1. The summed E-state index contributed by atoms with van der Waals surface area (Å²) < 4.78 is 1.85. The Balaban J connectivity index is 1.43. The minimum Gasteiger partial charge on any atom is -0.508 e. The van der Waals surface area contributed by atoms with Crippen LogP contribution in [0.2, 0.25) is 0 Å². The topological polar surface area (TPSA) is 63.8 Å². The molecule has 3 unspecified atom stereocenters. The normalized spacial score (nSPS) is 34.0. The largest absolute Gasteiger partial charge is 0.508 e. The predicted molar refractivity (Wildman–Crippen MR) is 108 cm³/mol. The quantitative estimate of drug-likeness (QED) is 0.867. The van der Waals surface area contributed by atoms with Gasteiger partial charge in [-0.25, -0.2) is 4.68 Å². The van der Waals surface area contributed by atoms with E-state index >= 15 is 0 Å². The second-order valence-corrected chi connectivity index (χ2v) is 9.69. The van der Waals surface area contributed by atoms with Gasteiger partial charge in [-0.1, -0.05) is 19.9 Å². The van der Waals surface area contributed by atoms with Crippen molar-refractivity contribution in [2.75, 3.05) is 0 Å². The summed E-state index contributed by atoms with van der Waals surface area (Å²) in [6.07, 6.45) is 9.56. The second-order valence-electron chi connectivity index (χ2n) is 9.69. The molecule has 2 fully saturated rings. The zero-order valence-corrected chi connectivity index (χ0v) is 17.4. The van der Waals surface area contributed by atoms with E-state index in [1.807, 2.05) is 11.7 Å². The van der Waals surface area contributed by atoms with Gasteiger partial charge in [0.1, 0.15) is 5.75 Å². The molecule has 1 aromatic carbocycles. The zero-order chi connectivity index (χ0) is 19.5. The van der Waals surface area contributed by atoms with Crippen molar-refractivity contribution in [3.05, 3.63) is 34.6 Å². The number of aromatic nitrogens is 4. The number of phenolic OH excluding ortho intramolecular Hbond substituents is 1. The summed E-state index contributed by atoms with van der Waals surface area (Å²) in [5.74, 6) is 4.51. The van der Waals surface area contributed by atoms with Crippen molar-refractivity contribution in [2.45, 2.75) is 71.1 Å². The van der Waals surface area contributed by atoms with Crippen molar-refractivity contribution in [1.29, 1.82) is 0 Å². The van der Waals surface area contributed by atoms with Gasteiger partial charge in [0, 0.05) is 13.5 Å². The fourth-order valence-electron chi connectivity index (χ4n) is 7.02. The molecule has 0 radical (unpaired) electrons. The Kier molecular flexibility index (Phi) is 4.25. The molecule has 5 atom stereocenters. The first-order valence-corrected chi connectivity index (χ1v) is 11.1. The van der Waals surface area contributed by atoms with E-state index in [9.17, 15) is 5.11 Å². The number of phenols is 1. The van der Waals surface area contributed by atoms with Crippen molar-refractivity contribution in [1.82, 2.24) is 20.2 Å². The minimum atomic E-state index is 0.412. The number of nitrogens with zero attached hydrogens (tertiary/aromatic N) is 4. The number of aryl methyl sites for hydroxylation is 3. The van der Waals surface area contributed by atoms with E-state index in [1.54, 1.807) is 5.56 Å². The van der Waals surface area contributed by atoms with E-state index in [1.165, 1.54) is 37.7 Å². The maximum Gasteiger partial charge on any atom is 0.151 e. The van der Waals surface area contributed by atoms with Gasteiger partial charge in [0.05, 0.1) is 0 Å². The minimum absolute atomic E-state index is 0.412. The average molecular weight is 381 g/mol. The van der Waals surface area contributed by atoms with E-state index < -0.39 is 0 Å². The van der Waals surface area contributed by atoms with Gasteiger partial charge in [-0.2, -0.15) is 0 Å². The summed E-state index contributed by atoms with van der Waals surface area (Å²) in [6.45, 7) is 4.70. The summed E-state index contributed by atoms with van der Waals surface area (Å²) in [5, 5.41) is 22.5. The molecule has 3 aliphatic carbocycles. The van der Waals surface area contributed by atoms with E-state index in [-0.39, 0.29) is 0 Å². The number of fused-ring (bicyclic) bond motifs is 5. The number of aromatic hydroxyl groups is 1. The van der Waals surface area contributed by atoms with E-state index in [0.717, 1.165) is 42.5 Å². The molecule has 0 aliphatic heterocycles. The predicted octanol–water partition coefficient (Wildman–Crippen LogP) is 4.19. The highest BCUT2D eigenvalue weighted by Crippen LogP contribution is 2.63. The number of rotatable bonds is 3. The van der Waals surface area contributed by atoms with Gasteiger partial charge >= 0.3 is 0 Å². The van der Waals surface area contributed by atoms with Crippen LogP contribution < -0.4 is 0 Å². The first kappa shape index (κ1) is 18.1. The van der Waals surface area contributed by atoms with Crippen LogP contribution in [0, 0.1) is 23.2 Å². The molecule has 150 valence electrons. The molecule has 1 N–H and O–H groups in total. The third-order valence-electron chi connectivity index (χ3n) is 8.64. The second kappa shape index (κ2) is 6.57. The molecule has 0 spiro atoms. The Morgan fingerprint density at radius 3 is 2.82 bits per heavy atom. The van der Waals surface area contributed by atoms with Gasteiger partial charge in [0.15, 0.2) is 5.82 Å². The molecule has 1 aromatic heterocycles. The van der Waals surface area contributed by atoms with Crippen LogP contribution in [0.25, 0.3) is 0 Å². The molecular formula is C23H32N4O. The zero-order valence-electron chi connectivity index (χ0n) is 17.4. The smallest absolute Gasteiger partial charge is 0.151 e. The lowest BCUT2D eigenvalue weighted by molar-refractivity contribution is 0.0277. The van der Waals surface area contributed by atoms with Crippen LogP contribution in [-0.2, 0) is 26.3 Å². The van der Waals surface area contributed by atoms with Crippen LogP contribution in [0.3, 0.4) is 0 Å². The summed E-state index contributed by atoms with van der Waals surface area (Å²) >= 11 is 0. The van der Waals surface area contributed by atoms with Gasteiger partial charge in [-0.05, 0) is 107 Å². The first-order chi connectivity index (χ1) is 13.5. The van der Waals surface area contributed by atoms with E-state index in [4.69, 9.17) is 0 Å². The highest BCUT2D eigenvalue weighted by Gasteiger charge is 2.54. The Hall–Kier alpha value is -1.91. The molecule has 5 nitrogen and oxygen atoms in total.